The first kappa shape index (κ1) is 22.7. The molecule has 0 rings (SSSR count). The van der Waals surface area contributed by atoms with Gasteiger partial charge in [0.25, 0.3) is 0 Å². The van der Waals surface area contributed by atoms with Gasteiger partial charge in [0.15, 0.2) is 0 Å². The summed E-state index contributed by atoms with van der Waals surface area (Å²) in [6.07, 6.45) is -1.83. The molecule has 0 amide bonds. The molecule has 7 heavy (non-hydrogen) atoms. The van der Waals surface area contributed by atoms with Crippen molar-refractivity contribution in [2.75, 3.05) is 0 Å². The van der Waals surface area contributed by atoms with E-state index in [1.165, 1.54) is 0 Å². The summed E-state index contributed by atoms with van der Waals surface area (Å²) in [5, 5.41) is 13.9. The average molecular weight is 160 g/mol. The van der Waals surface area contributed by atoms with Gasteiger partial charge in [-0.25, -0.2) is 4.79 Å². The van der Waals surface area contributed by atoms with Gasteiger partial charge in [0.1, 0.15) is 0 Å². The molecule has 0 aliphatic carbocycles. The molecule has 0 aromatic heterocycles. The van der Waals surface area contributed by atoms with Crippen molar-refractivity contribution in [3.05, 3.63) is 0 Å². The number of rotatable bonds is 0. The van der Waals surface area contributed by atoms with Crippen LogP contribution in [0.25, 0.3) is 0 Å². The van der Waals surface area contributed by atoms with Crippen LogP contribution in [-0.2, 0) is 0 Å². The molecule has 0 bridgehead atoms. The summed E-state index contributed by atoms with van der Waals surface area (Å²) in [6.45, 7) is 0. The Kier molecular flexibility index (Phi) is 51.2. The monoisotopic (exact) mass is 160 g/mol. The van der Waals surface area contributed by atoms with Crippen molar-refractivity contribution >= 4 is 6.16 Å². The van der Waals surface area contributed by atoms with E-state index in [4.69, 9.17) is 15.0 Å². The molecule has 0 saturated heterocycles. The minimum atomic E-state index is -1.83. The van der Waals surface area contributed by atoms with Crippen LogP contribution < -0.4 is 103 Å². The van der Waals surface area contributed by atoms with E-state index in [2.05, 4.69) is 0 Å². The van der Waals surface area contributed by atoms with Crippen LogP contribution in [0.1, 0.15) is 2.85 Å². The molecule has 0 saturated carbocycles. The summed E-state index contributed by atoms with van der Waals surface area (Å²) in [7, 11) is 0. The van der Waals surface area contributed by atoms with Crippen molar-refractivity contribution in [3.63, 3.8) is 0 Å². The fourth-order valence-corrected chi connectivity index (χ4v) is 0. The van der Waals surface area contributed by atoms with E-state index >= 15 is 0 Å². The summed E-state index contributed by atoms with van der Waals surface area (Å²) in [6, 6.07) is 0. The maximum atomic E-state index is 8.56. The minimum Gasteiger partial charge on any atom is -1.00 e. The van der Waals surface area contributed by atoms with E-state index in [1.54, 1.807) is 0 Å². The third kappa shape index (κ3) is 57.4. The van der Waals surface area contributed by atoms with E-state index < -0.39 is 6.16 Å². The van der Waals surface area contributed by atoms with Gasteiger partial charge in [-0.2, -0.15) is 0 Å². The molecule has 0 fully saturated rings. The van der Waals surface area contributed by atoms with Crippen LogP contribution in [-0.4, -0.2) is 21.8 Å². The molecule has 0 radical (unpaired) electrons. The smallest absolute Gasteiger partial charge is 1.00 e. The van der Waals surface area contributed by atoms with Gasteiger partial charge in [-0.15, -0.1) is 0 Å². The van der Waals surface area contributed by atoms with E-state index in [9.17, 15) is 0 Å². The molecule has 0 aliphatic heterocycles. The molecular formula is CH6K2O4. The molecule has 0 heterocycles. The second kappa shape index (κ2) is 15.8. The molecule has 0 aromatic carbocycles. The first-order valence-corrected chi connectivity index (χ1v) is 0.651. The zero-order chi connectivity index (χ0) is 3.58. The quantitative estimate of drug-likeness (QED) is 0.345. The van der Waals surface area contributed by atoms with Gasteiger partial charge in [0, 0.05) is 0 Å². The molecule has 0 aliphatic rings. The van der Waals surface area contributed by atoms with Crippen LogP contribution in [0.3, 0.4) is 0 Å². The number of hydrogen-bond donors (Lipinski definition) is 2. The molecule has 4 nitrogen and oxygen atoms in total. The number of hydrogen-bond acceptors (Lipinski definition) is 1. The second-order valence-electron chi connectivity index (χ2n) is 0.283. The molecule has 4 N–H and O–H groups in total. The third-order valence-corrected chi connectivity index (χ3v) is 0. The van der Waals surface area contributed by atoms with E-state index in [0.29, 0.717) is 0 Å². The van der Waals surface area contributed by atoms with Crippen LogP contribution in [0.5, 0.6) is 0 Å². The maximum Gasteiger partial charge on any atom is 1.00 e. The van der Waals surface area contributed by atoms with Crippen molar-refractivity contribution in [2.24, 2.45) is 0 Å². The first-order valence-electron chi connectivity index (χ1n) is 0.651. The predicted molar refractivity (Wildman–Crippen MR) is 16.5 cm³/mol. The second-order valence-corrected chi connectivity index (χ2v) is 0.283. The van der Waals surface area contributed by atoms with Gasteiger partial charge in [-0.1, -0.05) is 0 Å². The Labute approximate surface area is 129 Å². The maximum absolute atomic E-state index is 8.56. The van der Waals surface area contributed by atoms with Crippen LogP contribution in [0.4, 0.5) is 4.79 Å². The normalized spacial score (nSPS) is 3.43. The molecular weight excluding hydrogens is 154 g/mol. The van der Waals surface area contributed by atoms with Crippen molar-refractivity contribution in [1.29, 1.82) is 0 Å². The van der Waals surface area contributed by atoms with Gasteiger partial charge in [-0.05, 0) is 0 Å². The summed E-state index contributed by atoms with van der Waals surface area (Å²) < 4.78 is 0. The van der Waals surface area contributed by atoms with Gasteiger partial charge < -0.3 is 18.5 Å². The Hall–Kier alpha value is 2.50. The Morgan fingerprint density at radius 2 is 1.29 bits per heavy atom. The van der Waals surface area contributed by atoms with E-state index in [-0.39, 0.29) is 111 Å². The average Bonchev–Trinajstić information content (AvgIpc) is 0.811. The van der Waals surface area contributed by atoms with Crippen molar-refractivity contribution in [2.45, 2.75) is 0 Å². The predicted octanol–water partition coefficient (Wildman–Crippen LogP) is -6.37. The van der Waals surface area contributed by atoms with E-state index in [1.807, 2.05) is 0 Å². The van der Waals surface area contributed by atoms with Crippen LogP contribution in [0.2, 0.25) is 0 Å². The molecule has 0 atom stereocenters. The Bertz CT molecular complexity index is 39.5. The number of carbonyl (C=O) groups is 1. The molecule has 0 unspecified atom stereocenters. The standard InChI is InChI=1S/CH2O3.2K.H2O.2H/c2-1(3)4;;;;;/h(H2,2,3,4);;;1H2;;/q;2*+1;;2*-1. The van der Waals surface area contributed by atoms with Gasteiger partial charge in [0.05, 0.1) is 0 Å². The summed E-state index contributed by atoms with van der Waals surface area (Å²) >= 11 is 0. The SMILES string of the molecule is O.O=C(O)O.[H-].[H-].[K+].[K+]. The molecule has 0 spiro atoms. The largest absolute Gasteiger partial charge is 1.00 e. The van der Waals surface area contributed by atoms with E-state index in [0.717, 1.165) is 0 Å². The van der Waals surface area contributed by atoms with Crippen molar-refractivity contribution in [1.82, 2.24) is 0 Å². The van der Waals surface area contributed by atoms with Crippen LogP contribution in [0.15, 0.2) is 0 Å². The summed E-state index contributed by atoms with van der Waals surface area (Å²) in [5.41, 5.74) is 0. The number of carboxylic acid groups (broad SMARTS) is 2. The Morgan fingerprint density at radius 3 is 1.29 bits per heavy atom. The third-order valence-electron chi connectivity index (χ3n) is 0. The summed E-state index contributed by atoms with van der Waals surface area (Å²) in [4.78, 5) is 8.56. The Balaban J connectivity index is -0.00000000450. The zero-order valence-electron chi connectivity index (χ0n) is 6.30. The zero-order valence-corrected chi connectivity index (χ0v) is 10.5. The van der Waals surface area contributed by atoms with Crippen LogP contribution in [0, 0.1) is 0 Å². The van der Waals surface area contributed by atoms with Gasteiger partial charge in [0.2, 0.25) is 0 Å². The Morgan fingerprint density at radius 1 is 1.29 bits per heavy atom. The first-order chi connectivity index (χ1) is 1.73. The van der Waals surface area contributed by atoms with Gasteiger partial charge in [-0.3, -0.25) is 0 Å². The molecule has 0 aromatic rings. The fraction of sp³-hybridized carbons (Fsp3) is 0. The van der Waals surface area contributed by atoms with Crippen LogP contribution >= 0.6 is 0 Å². The topological polar surface area (TPSA) is 89.0 Å². The summed E-state index contributed by atoms with van der Waals surface area (Å²) in [5.74, 6) is 0. The van der Waals surface area contributed by atoms with Gasteiger partial charge >= 0.3 is 109 Å². The fourth-order valence-electron chi connectivity index (χ4n) is 0. The van der Waals surface area contributed by atoms with Crippen molar-refractivity contribution < 1.29 is 126 Å². The minimum absolute atomic E-state index is 0. The van der Waals surface area contributed by atoms with Crippen molar-refractivity contribution in [3.8, 4) is 0 Å². The molecule has 6 heteroatoms. The molecule has 36 valence electrons.